The van der Waals surface area contributed by atoms with Gasteiger partial charge in [-0.1, -0.05) is 43.8 Å². The second kappa shape index (κ2) is 13.1. The molecule has 13 heteroatoms. The van der Waals surface area contributed by atoms with E-state index >= 15 is 0 Å². The number of esters is 1. The summed E-state index contributed by atoms with van der Waals surface area (Å²) in [6.07, 6.45) is -1.09. The monoisotopic (exact) mass is 517 g/mol. The van der Waals surface area contributed by atoms with Crippen LogP contribution >= 0.6 is 19.9 Å². The van der Waals surface area contributed by atoms with Crippen LogP contribution in [0.15, 0.2) is 30.3 Å². The Morgan fingerprint density at radius 3 is 2.56 bits per heavy atom. The van der Waals surface area contributed by atoms with Crippen LogP contribution in [0.5, 0.6) is 0 Å². The van der Waals surface area contributed by atoms with Crippen molar-refractivity contribution in [2.45, 2.75) is 33.3 Å². The van der Waals surface area contributed by atoms with Gasteiger partial charge in [-0.05, 0) is 12.1 Å². The Bertz CT molecular complexity index is 871. The summed E-state index contributed by atoms with van der Waals surface area (Å²) in [5.74, 6) is -1.00. The molecule has 2 atom stereocenters. The molecule has 2 rings (SSSR count). The lowest BCUT2D eigenvalue weighted by molar-refractivity contribution is -0.146. The van der Waals surface area contributed by atoms with Gasteiger partial charge in [-0.15, -0.1) is 9.05 Å². The Labute approximate surface area is 202 Å². The molecular weight excluding hydrogens is 487 g/mol. The second-order valence-electron chi connectivity index (χ2n) is 7.99. The van der Waals surface area contributed by atoms with E-state index in [1.54, 1.807) is 44.2 Å². The molecule has 1 aliphatic heterocycles. The standard InChI is InChI=1S/C21H29N2O9PS/c1-15(24)34-12-11-22-17(25)9-10-23-19(26)18-21(2,3)13-30-33(28,32-18)31-14-29-20(27)16-7-5-4-6-8-16/h4-8,18,28H,9-14H2,1-3H3,(H-,22,23,25,26)/p+1/t18-,33?/m0/s1. The predicted octanol–water partition coefficient (Wildman–Crippen LogP) is 1.83. The van der Waals surface area contributed by atoms with Crippen LogP contribution in [0.4, 0.5) is 0 Å². The van der Waals surface area contributed by atoms with Gasteiger partial charge in [0.25, 0.3) is 5.91 Å². The summed E-state index contributed by atoms with van der Waals surface area (Å²) in [7, 11) is -3.93. The zero-order valence-corrected chi connectivity index (χ0v) is 21.0. The summed E-state index contributed by atoms with van der Waals surface area (Å²) in [6.45, 7) is 4.61. The van der Waals surface area contributed by atoms with Crippen molar-refractivity contribution in [2.24, 2.45) is 5.41 Å². The first kappa shape index (κ1) is 28.2. The fraction of sp³-hybridized carbons (Fsp3) is 0.524. The SMILES string of the molecule is CC(=O)SCCNC(=O)CCNC(=O)[C@@H]1O[P+](O)(OCOC(=O)c2ccccc2)OCC1(C)C. The van der Waals surface area contributed by atoms with E-state index in [0.29, 0.717) is 17.9 Å². The minimum atomic E-state index is -3.93. The summed E-state index contributed by atoms with van der Waals surface area (Å²) in [6, 6.07) is 8.23. The van der Waals surface area contributed by atoms with Gasteiger partial charge in [0.2, 0.25) is 12.7 Å². The number of carbonyl (C=O) groups is 4. The zero-order chi connectivity index (χ0) is 25.2. The minimum absolute atomic E-state index is 0.0262. The Kier molecular flexibility index (Phi) is 10.9. The molecule has 1 aliphatic rings. The fourth-order valence-corrected chi connectivity index (χ4v) is 4.79. The molecule has 1 unspecified atom stereocenters. The van der Waals surface area contributed by atoms with Crippen molar-refractivity contribution < 1.29 is 42.4 Å². The molecule has 0 aromatic heterocycles. The number of ether oxygens (including phenoxy) is 1. The van der Waals surface area contributed by atoms with Gasteiger partial charge in [-0.3, -0.25) is 14.4 Å². The molecule has 11 nitrogen and oxygen atoms in total. The van der Waals surface area contributed by atoms with E-state index in [2.05, 4.69) is 10.6 Å². The highest BCUT2D eigenvalue weighted by atomic mass is 32.2. The van der Waals surface area contributed by atoms with Gasteiger partial charge < -0.3 is 15.4 Å². The maximum absolute atomic E-state index is 12.7. The molecule has 1 fully saturated rings. The van der Waals surface area contributed by atoms with Gasteiger partial charge in [0.1, 0.15) is 6.61 Å². The normalized spacial score (nSPS) is 21.4. The molecule has 3 N–H and O–H groups in total. The summed E-state index contributed by atoms with van der Waals surface area (Å²) in [5.41, 5.74) is -0.492. The zero-order valence-electron chi connectivity index (χ0n) is 19.3. The van der Waals surface area contributed by atoms with Crippen LogP contribution in [-0.4, -0.2) is 66.1 Å². The van der Waals surface area contributed by atoms with Crippen molar-refractivity contribution >= 4 is 42.8 Å². The number of nitrogens with one attached hydrogen (secondary N) is 2. The number of carbonyl (C=O) groups excluding carboxylic acids is 4. The van der Waals surface area contributed by atoms with E-state index in [1.807, 2.05) is 0 Å². The summed E-state index contributed by atoms with van der Waals surface area (Å²) in [4.78, 5) is 58.0. The predicted molar refractivity (Wildman–Crippen MR) is 125 cm³/mol. The van der Waals surface area contributed by atoms with Gasteiger partial charge >= 0.3 is 14.1 Å². The number of hydrogen-bond acceptors (Lipinski definition) is 10. The average molecular weight is 518 g/mol. The highest BCUT2D eigenvalue weighted by Crippen LogP contribution is 2.63. The Hall–Kier alpha value is -2.08. The van der Waals surface area contributed by atoms with Crippen molar-refractivity contribution in [2.75, 3.05) is 32.2 Å². The van der Waals surface area contributed by atoms with Crippen molar-refractivity contribution in [1.29, 1.82) is 0 Å². The van der Waals surface area contributed by atoms with Gasteiger partial charge in [-0.25, -0.2) is 4.79 Å². The van der Waals surface area contributed by atoms with Crippen LogP contribution in [0.2, 0.25) is 0 Å². The van der Waals surface area contributed by atoms with E-state index < -0.39 is 38.4 Å². The van der Waals surface area contributed by atoms with E-state index in [1.165, 1.54) is 6.92 Å². The Morgan fingerprint density at radius 2 is 1.88 bits per heavy atom. The molecule has 0 radical (unpaired) electrons. The lowest BCUT2D eigenvalue weighted by Gasteiger charge is -2.36. The van der Waals surface area contributed by atoms with Crippen LogP contribution in [0.25, 0.3) is 0 Å². The van der Waals surface area contributed by atoms with Crippen LogP contribution in [0, 0.1) is 5.41 Å². The molecule has 1 heterocycles. The van der Waals surface area contributed by atoms with E-state index in [9.17, 15) is 24.1 Å². The second-order valence-corrected chi connectivity index (χ2v) is 10.9. The molecule has 0 aliphatic carbocycles. The first-order valence-corrected chi connectivity index (χ1v) is 13.0. The van der Waals surface area contributed by atoms with Gasteiger partial charge in [0.15, 0.2) is 11.2 Å². The van der Waals surface area contributed by atoms with E-state index in [0.717, 1.165) is 11.8 Å². The number of amides is 2. The third kappa shape index (κ3) is 9.28. The molecular formula is C21H30N2O9PS+. The maximum Gasteiger partial charge on any atom is 0.576 e. The molecule has 2 amide bonds. The molecule has 1 aromatic rings. The number of benzene rings is 1. The third-order valence-electron chi connectivity index (χ3n) is 4.58. The molecule has 188 valence electrons. The molecule has 0 saturated carbocycles. The first-order chi connectivity index (χ1) is 16.0. The van der Waals surface area contributed by atoms with Crippen LogP contribution in [0.3, 0.4) is 0 Å². The van der Waals surface area contributed by atoms with E-state index in [-0.39, 0.29) is 30.6 Å². The Balaban J connectivity index is 1.79. The Morgan fingerprint density at radius 1 is 1.18 bits per heavy atom. The summed E-state index contributed by atoms with van der Waals surface area (Å²) >= 11 is 1.11. The fourth-order valence-electron chi connectivity index (χ4n) is 2.77. The van der Waals surface area contributed by atoms with Crippen LogP contribution in [-0.2, 0) is 32.7 Å². The molecule has 34 heavy (non-hydrogen) atoms. The van der Waals surface area contributed by atoms with E-state index in [4.69, 9.17) is 18.3 Å². The quantitative estimate of drug-likeness (QED) is 0.172. The lowest BCUT2D eigenvalue weighted by Crippen LogP contribution is -2.50. The highest BCUT2D eigenvalue weighted by Gasteiger charge is 2.59. The maximum atomic E-state index is 12.7. The van der Waals surface area contributed by atoms with Crippen LogP contribution < -0.4 is 10.6 Å². The van der Waals surface area contributed by atoms with Crippen molar-refractivity contribution in [3.63, 3.8) is 0 Å². The van der Waals surface area contributed by atoms with Gasteiger partial charge in [-0.2, -0.15) is 9.42 Å². The average Bonchev–Trinajstić information content (AvgIpc) is 2.79. The van der Waals surface area contributed by atoms with Crippen molar-refractivity contribution in [3.8, 4) is 0 Å². The van der Waals surface area contributed by atoms with Crippen molar-refractivity contribution in [3.05, 3.63) is 35.9 Å². The summed E-state index contributed by atoms with van der Waals surface area (Å²) < 4.78 is 20.9. The molecule has 1 saturated heterocycles. The van der Waals surface area contributed by atoms with Crippen LogP contribution in [0.1, 0.15) is 37.6 Å². The van der Waals surface area contributed by atoms with Gasteiger partial charge in [0, 0.05) is 37.6 Å². The minimum Gasteiger partial charge on any atom is -0.430 e. The number of thioether (sulfide) groups is 1. The largest absolute Gasteiger partial charge is 0.576 e. The molecule has 0 bridgehead atoms. The number of hydrogen-bond donors (Lipinski definition) is 3. The summed E-state index contributed by atoms with van der Waals surface area (Å²) in [5, 5.41) is 5.24. The first-order valence-electron chi connectivity index (χ1n) is 10.5. The number of rotatable bonds is 11. The van der Waals surface area contributed by atoms with Gasteiger partial charge in [0.05, 0.1) is 5.56 Å². The lowest BCUT2D eigenvalue weighted by atomic mass is 9.87. The highest BCUT2D eigenvalue weighted by molar-refractivity contribution is 8.13. The smallest absolute Gasteiger partial charge is 0.430 e. The molecule has 0 spiro atoms. The third-order valence-corrected chi connectivity index (χ3v) is 6.76. The van der Waals surface area contributed by atoms with Crippen molar-refractivity contribution in [1.82, 2.24) is 10.6 Å². The topological polar surface area (TPSA) is 149 Å². The molecule has 1 aromatic carbocycles.